The number of rotatable bonds is 5. The van der Waals surface area contributed by atoms with Gasteiger partial charge in [-0.25, -0.2) is 9.18 Å². The molecule has 19 heavy (non-hydrogen) atoms. The van der Waals surface area contributed by atoms with Gasteiger partial charge in [0.05, 0.1) is 17.1 Å². The summed E-state index contributed by atoms with van der Waals surface area (Å²) in [6.07, 6.45) is 0. The number of aliphatic hydroxyl groups is 1. The van der Waals surface area contributed by atoms with Crippen molar-refractivity contribution in [3.05, 3.63) is 33.6 Å². The van der Waals surface area contributed by atoms with Gasteiger partial charge in [0.2, 0.25) is 0 Å². The molecule has 0 aromatic heterocycles. The van der Waals surface area contributed by atoms with E-state index in [1.54, 1.807) is 13.8 Å². The van der Waals surface area contributed by atoms with E-state index in [2.05, 4.69) is 5.32 Å². The van der Waals surface area contributed by atoms with Crippen molar-refractivity contribution < 1.29 is 24.3 Å². The molecule has 0 radical (unpaired) electrons. The fourth-order valence-corrected chi connectivity index (χ4v) is 1.38. The van der Waals surface area contributed by atoms with Crippen LogP contribution in [0.4, 0.5) is 15.8 Å². The van der Waals surface area contributed by atoms with Crippen LogP contribution in [0.3, 0.4) is 0 Å². The van der Waals surface area contributed by atoms with Gasteiger partial charge in [-0.05, 0) is 13.8 Å². The normalized spacial score (nSPS) is 11.2. The van der Waals surface area contributed by atoms with E-state index < -0.39 is 33.5 Å². The third kappa shape index (κ3) is 3.38. The first kappa shape index (κ1) is 14.8. The molecule has 1 rings (SSSR count). The molecule has 0 unspecified atom stereocenters. The van der Waals surface area contributed by atoms with E-state index in [-0.39, 0.29) is 12.3 Å². The lowest BCUT2D eigenvalue weighted by atomic mass is 10.1. The smallest absolute Gasteiger partial charge is 0.338 e. The second-order valence-electron chi connectivity index (χ2n) is 4.58. The number of nitrogens with zero attached hydrogens (tertiary/aromatic N) is 1. The molecule has 1 aromatic rings. The zero-order valence-corrected chi connectivity index (χ0v) is 10.3. The first-order valence-corrected chi connectivity index (χ1v) is 5.28. The standard InChI is InChI=1S/C11H13FN2O5/c1-11(2,5-15)13-8-4-7(12)6(10(16)17)3-9(8)14(18)19/h3-4,13,15H,5H2,1-2H3,(H,16,17). The van der Waals surface area contributed by atoms with E-state index in [1.165, 1.54) is 0 Å². The maximum atomic E-state index is 13.5. The van der Waals surface area contributed by atoms with Gasteiger partial charge in [0.1, 0.15) is 17.1 Å². The van der Waals surface area contributed by atoms with Crippen molar-refractivity contribution in [1.29, 1.82) is 0 Å². The highest BCUT2D eigenvalue weighted by Gasteiger charge is 2.25. The lowest BCUT2D eigenvalue weighted by Crippen LogP contribution is -2.35. The minimum absolute atomic E-state index is 0.188. The summed E-state index contributed by atoms with van der Waals surface area (Å²) in [5.41, 5.74) is -2.45. The van der Waals surface area contributed by atoms with Gasteiger partial charge in [-0.3, -0.25) is 10.1 Å². The second-order valence-corrected chi connectivity index (χ2v) is 4.58. The zero-order chi connectivity index (χ0) is 14.8. The van der Waals surface area contributed by atoms with Gasteiger partial charge < -0.3 is 15.5 Å². The van der Waals surface area contributed by atoms with Gasteiger partial charge in [0.15, 0.2) is 0 Å². The van der Waals surface area contributed by atoms with Gasteiger partial charge >= 0.3 is 5.97 Å². The largest absolute Gasteiger partial charge is 0.478 e. The fourth-order valence-electron chi connectivity index (χ4n) is 1.38. The number of carboxylic acid groups (broad SMARTS) is 1. The number of nitro groups is 1. The Kier molecular flexibility index (Phi) is 4.05. The summed E-state index contributed by atoms with van der Waals surface area (Å²) in [4.78, 5) is 20.8. The SMILES string of the molecule is CC(C)(CO)Nc1cc(F)c(C(=O)O)cc1[N+](=O)[O-]. The van der Waals surface area contributed by atoms with Crippen molar-refractivity contribution in [2.45, 2.75) is 19.4 Å². The topological polar surface area (TPSA) is 113 Å². The van der Waals surface area contributed by atoms with Crippen LogP contribution < -0.4 is 5.32 Å². The van der Waals surface area contributed by atoms with Crippen LogP contribution in [0.15, 0.2) is 12.1 Å². The summed E-state index contributed by atoms with van der Waals surface area (Å²) in [5.74, 6) is -2.68. The van der Waals surface area contributed by atoms with Crippen LogP contribution in [0.2, 0.25) is 0 Å². The average molecular weight is 272 g/mol. The summed E-state index contributed by atoms with van der Waals surface area (Å²) in [5, 5.41) is 31.3. The predicted octanol–water partition coefficient (Wildman–Crippen LogP) is 1.61. The predicted molar refractivity (Wildman–Crippen MR) is 64.8 cm³/mol. The number of aromatic carboxylic acids is 1. The molecule has 0 saturated carbocycles. The summed E-state index contributed by atoms with van der Waals surface area (Å²) < 4.78 is 13.5. The molecule has 104 valence electrons. The van der Waals surface area contributed by atoms with Crippen LogP contribution in [-0.2, 0) is 0 Å². The lowest BCUT2D eigenvalue weighted by molar-refractivity contribution is -0.384. The molecule has 3 N–H and O–H groups in total. The molecule has 7 nitrogen and oxygen atoms in total. The van der Waals surface area contributed by atoms with E-state index in [0.29, 0.717) is 6.07 Å². The summed E-state index contributed by atoms with van der Waals surface area (Å²) in [6, 6.07) is 1.38. The third-order valence-corrected chi connectivity index (χ3v) is 2.38. The number of aliphatic hydroxyl groups excluding tert-OH is 1. The van der Waals surface area contributed by atoms with Gasteiger partial charge in [-0.2, -0.15) is 0 Å². The van der Waals surface area contributed by atoms with Crippen molar-refractivity contribution >= 4 is 17.3 Å². The number of benzene rings is 1. The van der Waals surface area contributed by atoms with Gasteiger partial charge in [0.25, 0.3) is 5.69 Å². The molecule has 0 atom stereocenters. The molecule has 1 aromatic carbocycles. The van der Waals surface area contributed by atoms with Gasteiger partial charge in [-0.1, -0.05) is 0 Å². The molecular weight excluding hydrogens is 259 g/mol. The molecule has 0 heterocycles. The third-order valence-electron chi connectivity index (χ3n) is 2.38. The molecule has 0 bridgehead atoms. The maximum absolute atomic E-state index is 13.5. The molecule has 0 aliphatic heterocycles. The highest BCUT2D eigenvalue weighted by molar-refractivity contribution is 5.90. The first-order valence-electron chi connectivity index (χ1n) is 5.28. The Balaban J connectivity index is 3.35. The molecule has 0 aliphatic carbocycles. The van der Waals surface area contributed by atoms with Gasteiger partial charge in [0, 0.05) is 12.1 Å². The first-order chi connectivity index (χ1) is 8.68. The molecule has 0 fully saturated rings. The number of hydrogen-bond acceptors (Lipinski definition) is 5. The Morgan fingerprint density at radius 1 is 1.53 bits per heavy atom. The Morgan fingerprint density at radius 3 is 2.53 bits per heavy atom. The Hall–Kier alpha value is -2.22. The van der Waals surface area contributed by atoms with E-state index >= 15 is 0 Å². The van der Waals surface area contributed by atoms with E-state index in [0.717, 1.165) is 6.07 Å². The fraction of sp³-hybridized carbons (Fsp3) is 0.364. The number of anilines is 1. The summed E-state index contributed by atoms with van der Waals surface area (Å²) in [7, 11) is 0. The van der Waals surface area contributed by atoms with E-state index in [1.807, 2.05) is 0 Å². The van der Waals surface area contributed by atoms with Crippen LogP contribution in [0, 0.1) is 15.9 Å². The van der Waals surface area contributed by atoms with Crippen molar-refractivity contribution in [2.75, 3.05) is 11.9 Å². The maximum Gasteiger partial charge on any atom is 0.338 e. The number of nitrogens with one attached hydrogen (secondary N) is 1. The number of hydrogen-bond donors (Lipinski definition) is 3. The molecule has 0 spiro atoms. The highest BCUT2D eigenvalue weighted by atomic mass is 19.1. The van der Waals surface area contributed by atoms with Crippen molar-refractivity contribution in [1.82, 2.24) is 0 Å². The van der Waals surface area contributed by atoms with Crippen molar-refractivity contribution in [2.24, 2.45) is 0 Å². The van der Waals surface area contributed by atoms with Crippen molar-refractivity contribution in [3.63, 3.8) is 0 Å². The van der Waals surface area contributed by atoms with Crippen LogP contribution >= 0.6 is 0 Å². The van der Waals surface area contributed by atoms with Crippen LogP contribution in [0.25, 0.3) is 0 Å². The lowest BCUT2D eigenvalue weighted by Gasteiger charge is -2.24. The van der Waals surface area contributed by atoms with E-state index in [9.17, 15) is 19.3 Å². The molecule has 0 amide bonds. The number of halogens is 1. The zero-order valence-electron chi connectivity index (χ0n) is 10.3. The number of carbonyl (C=O) groups is 1. The van der Waals surface area contributed by atoms with E-state index in [4.69, 9.17) is 10.2 Å². The highest BCUT2D eigenvalue weighted by Crippen LogP contribution is 2.30. The van der Waals surface area contributed by atoms with Crippen molar-refractivity contribution in [3.8, 4) is 0 Å². The second kappa shape index (κ2) is 5.19. The minimum atomic E-state index is -1.59. The van der Waals surface area contributed by atoms with Crippen LogP contribution in [-0.4, -0.2) is 33.3 Å². The molecule has 8 heteroatoms. The quantitative estimate of drug-likeness (QED) is 0.554. The summed E-state index contributed by atoms with van der Waals surface area (Å²) in [6.45, 7) is 2.77. The Labute approximate surface area is 107 Å². The molecular formula is C11H13FN2O5. The Bertz CT molecular complexity index is 530. The molecule has 0 aliphatic rings. The Morgan fingerprint density at radius 2 is 2.11 bits per heavy atom. The number of carboxylic acids is 1. The van der Waals surface area contributed by atoms with Gasteiger partial charge in [-0.15, -0.1) is 0 Å². The molecule has 0 saturated heterocycles. The number of nitro benzene ring substituents is 1. The minimum Gasteiger partial charge on any atom is -0.478 e. The van der Waals surface area contributed by atoms with Crippen LogP contribution in [0.1, 0.15) is 24.2 Å². The monoisotopic (exact) mass is 272 g/mol. The van der Waals surface area contributed by atoms with Crippen LogP contribution in [0.5, 0.6) is 0 Å². The average Bonchev–Trinajstić information content (AvgIpc) is 2.27. The summed E-state index contributed by atoms with van der Waals surface area (Å²) >= 11 is 0.